The van der Waals surface area contributed by atoms with Crippen molar-refractivity contribution in [1.82, 2.24) is 4.57 Å². The van der Waals surface area contributed by atoms with E-state index >= 15 is 0 Å². The van der Waals surface area contributed by atoms with E-state index in [-0.39, 0.29) is 5.56 Å². The van der Waals surface area contributed by atoms with Gasteiger partial charge in [0, 0.05) is 18.5 Å². The molecule has 2 heteroatoms. The Kier molecular flexibility index (Phi) is 2.35. The zero-order chi connectivity index (χ0) is 11.0. The fourth-order valence-electron chi connectivity index (χ4n) is 1.93. The molecule has 0 unspecified atom stereocenters. The number of fused-ring (bicyclic) bond motifs is 1. The molecule has 1 aromatic heterocycles. The van der Waals surface area contributed by atoms with Crippen molar-refractivity contribution in [2.45, 2.75) is 19.8 Å². The average molecular weight is 201 g/mol. The molecule has 0 amide bonds. The number of hydrogen-bond acceptors (Lipinski definition) is 1. The second-order valence-corrected chi connectivity index (χ2v) is 4.17. The van der Waals surface area contributed by atoms with E-state index in [9.17, 15) is 4.79 Å². The smallest absolute Gasteiger partial charge is 0.250 e. The highest BCUT2D eigenvalue weighted by Crippen LogP contribution is 2.23. The summed E-state index contributed by atoms with van der Waals surface area (Å²) in [5.41, 5.74) is 2.35. The number of aryl methyl sites for hydroxylation is 1. The molecule has 1 aromatic carbocycles. The van der Waals surface area contributed by atoms with Crippen LogP contribution in [-0.2, 0) is 7.05 Å². The largest absolute Gasteiger partial charge is 0.311 e. The summed E-state index contributed by atoms with van der Waals surface area (Å²) in [6.07, 6.45) is 0. The van der Waals surface area contributed by atoms with E-state index in [4.69, 9.17) is 0 Å². The molecule has 15 heavy (non-hydrogen) atoms. The quantitative estimate of drug-likeness (QED) is 0.695. The molecule has 0 saturated carbocycles. The standard InChI is InChI=1S/C13H15NO/c1-9(2)10-5-4-6-12-11(10)7-8-13(15)14(12)3/h4-9H,1-3H3. The third-order valence-corrected chi connectivity index (χ3v) is 2.82. The number of aromatic nitrogens is 1. The van der Waals surface area contributed by atoms with Crippen LogP contribution in [0.4, 0.5) is 0 Å². The lowest BCUT2D eigenvalue weighted by Gasteiger charge is -2.11. The lowest BCUT2D eigenvalue weighted by Crippen LogP contribution is -2.15. The summed E-state index contributed by atoms with van der Waals surface area (Å²) in [5, 5.41) is 1.18. The molecule has 0 fully saturated rings. The van der Waals surface area contributed by atoms with Crippen molar-refractivity contribution in [1.29, 1.82) is 0 Å². The summed E-state index contributed by atoms with van der Waals surface area (Å²) in [5.74, 6) is 0.478. The maximum absolute atomic E-state index is 11.5. The van der Waals surface area contributed by atoms with Crippen molar-refractivity contribution < 1.29 is 0 Å². The van der Waals surface area contributed by atoms with Crippen molar-refractivity contribution in [2.75, 3.05) is 0 Å². The monoisotopic (exact) mass is 201 g/mol. The molecule has 78 valence electrons. The maximum atomic E-state index is 11.5. The Morgan fingerprint density at radius 2 is 1.87 bits per heavy atom. The minimum absolute atomic E-state index is 0.0448. The third-order valence-electron chi connectivity index (χ3n) is 2.82. The van der Waals surface area contributed by atoms with Gasteiger partial charge >= 0.3 is 0 Å². The zero-order valence-corrected chi connectivity index (χ0v) is 9.32. The molecule has 0 saturated heterocycles. The van der Waals surface area contributed by atoms with Gasteiger partial charge in [-0.2, -0.15) is 0 Å². The van der Waals surface area contributed by atoms with Crippen LogP contribution in [0.2, 0.25) is 0 Å². The zero-order valence-electron chi connectivity index (χ0n) is 9.32. The molecule has 0 aliphatic heterocycles. The van der Waals surface area contributed by atoms with Gasteiger partial charge in [-0.15, -0.1) is 0 Å². The summed E-state index contributed by atoms with van der Waals surface area (Å²) >= 11 is 0. The summed E-state index contributed by atoms with van der Waals surface area (Å²) in [6, 6.07) is 9.68. The van der Waals surface area contributed by atoms with Gasteiger partial charge in [-0.25, -0.2) is 0 Å². The normalized spacial score (nSPS) is 11.2. The van der Waals surface area contributed by atoms with Crippen LogP contribution in [-0.4, -0.2) is 4.57 Å². The van der Waals surface area contributed by atoms with Gasteiger partial charge in [-0.1, -0.05) is 26.0 Å². The number of pyridine rings is 1. The number of hydrogen-bond donors (Lipinski definition) is 0. The molecule has 0 bridgehead atoms. The first-order chi connectivity index (χ1) is 7.11. The minimum atomic E-state index is 0.0448. The highest BCUT2D eigenvalue weighted by atomic mass is 16.1. The summed E-state index contributed by atoms with van der Waals surface area (Å²) < 4.78 is 1.70. The Balaban J connectivity index is 2.89. The molecule has 2 nitrogen and oxygen atoms in total. The summed E-state index contributed by atoms with van der Waals surface area (Å²) in [4.78, 5) is 11.5. The maximum Gasteiger partial charge on any atom is 0.250 e. The number of benzene rings is 1. The second kappa shape index (κ2) is 3.54. The van der Waals surface area contributed by atoms with Crippen molar-refractivity contribution in [3.05, 3.63) is 46.2 Å². The van der Waals surface area contributed by atoms with Crippen molar-refractivity contribution >= 4 is 10.9 Å². The van der Waals surface area contributed by atoms with Gasteiger partial charge in [0.1, 0.15) is 0 Å². The Hall–Kier alpha value is -1.57. The molecule has 1 heterocycles. The van der Waals surface area contributed by atoms with Gasteiger partial charge in [0.15, 0.2) is 0 Å². The highest BCUT2D eigenvalue weighted by Gasteiger charge is 2.06. The highest BCUT2D eigenvalue weighted by molar-refractivity contribution is 5.83. The predicted molar refractivity (Wildman–Crippen MR) is 63.3 cm³/mol. The SMILES string of the molecule is CC(C)c1cccc2c1ccc(=O)n2C. The van der Waals surface area contributed by atoms with Gasteiger partial charge in [0.2, 0.25) is 0 Å². The van der Waals surface area contributed by atoms with Crippen LogP contribution < -0.4 is 5.56 Å². The second-order valence-electron chi connectivity index (χ2n) is 4.17. The van der Waals surface area contributed by atoms with Crippen LogP contribution in [0.5, 0.6) is 0 Å². The molecular formula is C13H15NO. The first-order valence-corrected chi connectivity index (χ1v) is 5.20. The van der Waals surface area contributed by atoms with Crippen LogP contribution in [0.25, 0.3) is 10.9 Å². The van der Waals surface area contributed by atoms with Gasteiger partial charge < -0.3 is 4.57 Å². The van der Waals surface area contributed by atoms with Crippen molar-refractivity contribution in [3.8, 4) is 0 Å². The van der Waals surface area contributed by atoms with E-state index in [1.165, 1.54) is 10.9 Å². The van der Waals surface area contributed by atoms with E-state index in [1.807, 2.05) is 25.2 Å². The molecule has 0 radical (unpaired) electrons. The molecule has 2 aromatic rings. The van der Waals surface area contributed by atoms with Crippen LogP contribution in [0.1, 0.15) is 25.3 Å². The van der Waals surface area contributed by atoms with E-state index in [0.717, 1.165) is 5.52 Å². The topological polar surface area (TPSA) is 22.0 Å². The lowest BCUT2D eigenvalue weighted by molar-refractivity contribution is 0.867. The summed E-state index contributed by atoms with van der Waals surface area (Å²) in [6.45, 7) is 4.33. The van der Waals surface area contributed by atoms with Crippen LogP contribution in [0, 0.1) is 0 Å². The first kappa shape index (κ1) is 9.97. The Morgan fingerprint density at radius 1 is 1.13 bits per heavy atom. The molecule has 0 spiro atoms. The predicted octanol–water partition coefficient (Wildman–Crippen LogP) is 2.66. The minimum Gasteiger partial charge on any atom is -0.311 e. The first-order valence-electron chi connectivity index (χ1n) is 5.20. The Morgan fingerprint density at radius 3 is 2.53 bits per heavy atom. The van der Waals surface area contributed by atoms with E-state index in [2.05, 4.69) is 19.9 Å². The van der Waals surface area contributed by atoms with Crippen molar-refractivity contribution in [2.24, 2.45) is 7.05 Å². The Labute approximate surface area is 89.2 Å². The van der Waals surface area contributed by atoms with E-state index in [0.29, 0.717) is 5.92 Å². The molecule has 0 aliphatic rings. The van der Waals surface area contributed by atoms with Gasteiger partial charge in [0.05, 0.1) is 5.52 Å². The van der Waals surface area contributed by atoms with Crippen LogP contribution in [0.15, 0.2) is 35.1 Å². The fourth-order valence-corrected chi connectivity index (χ4v) is 1.93. The number of nitrogens with zero attached hydrogens (tertiary/aromatic N) is 1. The Bertz CT molecular complexity index is 552. The molecule has 0 aliphatic carbocycles. The van der Waals surface area contributed by atoms with Crippen LogP contribution >= 0.6 is 0 Å². The van der Waals surface area contributed by atoms with Gasteiger partial charge in [-0.05, 0) is 23.6 Å². The molecule has 0 N–H and O–H groups in total. The molecular weight excluding hydrogens is 186 g/mol. The van der Waals surface area contributed by atoms with Crippen molar-refractivity contribution in [3.63, 3.8) is 0 Å². The third kappa shape index (κ3) is 1.56. The number of rotatable bonds is 1. The fraction of sp³-hybridized carbons (Fsp3) is 0.308. The van der Waals surface area contributed by atoms with Crippen LogP contribution in [0.3, 0.4) is 0 Å². The summed E-state index contributed by atoms with van der Waals surface area (Å²) in [7, 11) is 1.81. The van der Waals surface area contributed by atoms with Gasteiger partial charge in [-0.3, -0.25) is 4.79 Å². The molecule has 0 atom stereocenters. The lowest BCUT2D eigenvalue weighted by atomic mass is 9.98. The average Bonchev–Trinajstić information content (AvgIpc) is 2.23. The van der Waals surface area contributed by atoms with Gasteiger partial charge in [0.25, 0.3) is 5.56 Å². The van der Waals surface area contributed by atoms with E-state index in [1.54, 1.807) is 10.6 Å². The van der Waals surface area contributed by atoms with E-state index < -0.39 is 0 Å². The molecule has 2 rings (SSSR count).